The summed E-state index contributed by atoms with van der Waals surface area (Å²) in [6.45, 7) is -0.314. The van der Waals surface area contributed by atoms with Crippen LogP contribution in [0.3, 0.4) is 0 Å². The van der Waals surface area contributed by atoms with Gasteiger partial charge in [-0.3, -0.25) is 19.7 Å². The summed E-state index contributed by atoms with van der Waals surface area (Å²) < 4.78 is 5.32. The molecule has 0 saturated heterocycles. The van der Waals surface area contributed by atoms with Crippen LogP contribution >= 0.6 is 23.2 Å². The number of imide groups is 1. The Morgan fingerprint density at radius 1 is 1.04 bits per heavy atom. The number of fused-ring (bicyclic) bond motifs is 1. The zero-order valence-electron chi connectivity index (χ0n) is 12.1. The fourth-order valence-electron chi connectivity index (χ4n) is 2.20. The summed E-state index contributed by atoms with van der Waals surface area (Å²) >= 11 is 11.9. The van der Waals surface area contributed by atoms with Crippen LogP contribution in [0.2, 0.25) is 10.0 Å². The number of nitrogens with one attached hydrogen (secondary N) is 2. The first-order valence-corrected chi connectivity index (χ1v) is 7.57. The van der Waals surface area contributed by atoms with E-state index in [0.717, 1.165) is 0 Å². The zero-order chi connectivity index (χ0) is 17.3. The van der Waals surface area contributed by atoms with Gasteiger partial charge in [-0.2, -0.15) is 0 Å². The van der Waals surface area contributed by atoms with Crippen LogP contribution in [0.25, 0.3) is 0 Å². The summed E-state index contributed by atoms with van der Waals surface area (Å²) in [6.07, 6.45) is 0. The molecule has 1 aliphatic rings. The Hall–Kier alpha value is -2.57. The van der Waals surface area contributed by atoms with Crippen molar-refractivity contribution in [3.63, 3.8) is 0 Å². The standard InChI is InChI=1S/C16H10Cl2N2O4/c17-11-2-1-3-12(18)14(11)24-7-13(21)19-8-4-5-9-10(6-8)16(23)20-15(9)22/h1-6H,7H2,(H,19,21)(H,20,22,23). The van der Waals surface area contributed by atoms with Gasteiger partial charge in [0.15, 0.2) is 12.4 Å². The van der Waals surface area contributed by atoms with E-state index in [2.05, 4.69) is 10.6 Å². The minimum atomic E-state index is -0.495. The zero-order valence-corrected chi connectivity index (χ0v) is 13.6. The largest absolute Gasteiger partial charge is 0.481 e. The second-order valence-electron chi connectivity index (χ2n) is 4.93. The molecule has 122 valence electrons. The van der Waals surface area contributed by atoms with Crippen LogP contribution in [-0.4, -0.2) is 24.3 Å². The predicted octanol–water partition coefficient (Wildman–Crippen LogP) is 2.89. The number of hydrogen-bond acceptors (Lipinski definition) is 4. The van der Waals surface area contributed by atoms with Crippen LogP contribution in [0.4, 0.5) is 5.69 Å². The lowest BCUT2D eigenvalue weighted by molar-refractivity contribution is -0.118. The van der Waals surface area contributed by atoms with Gasteiger partial charge >= 0.3 is 0 Å². The highest BCUT2D eigenvalue weighted by atomic mass is 35.5. The molecule has 2 N–H and O–H groups in total. The van der Waals surface area contributed by atoms with Crippen molar-refractivity contribution in [1.29, 1.82) is 0 Å². The van der Waals surface area contributed by atoms with Crippen LogP contribution in [0, 0.1) is 0 Å². The van der Waals surface area contributed by atoms with Gasteiger partial charge in [0.05, 0.1) is 21.2 Å². The molecule has 0 unspecified atom stereocenters. The highest BCUT2D eigenvalue weighted by molar-refractivity contribution is 6.37. The van der Waals surface area contributed by atoms with E-state index in [0.29, 0.717) is 15.7 Å². The van der Waals surface area contributed by atoms with Gasteiger partial charge in [-0.15, -0.1) is 0 Å². The molecule has 2 aromatic rings. The third kappa shape index (κ3) is 3.20. The Bertz CT molecular complexity index is 847. The molecule has 0 spiro atoms. The molecule has 2 aromatic carbocycles. The fourth-order valence-corrected chi connectivity index (χ4v) is 2.71. The first-order chi connectivity index (χ1) is 11.5. The number of benzene rings is 2. The molecule has 1 aliphatic heterocycles. The Morgan fingerprint density at radius 3 is 2.42 bits per heavy atom. The van der Waals surface area contributed by atoms with Gasteiger partial charge < -0.3 is 10.1 Å². The summed E-state index contributed by atoms with van der Waals surface area (Å²) in [7, 11) is 0. The molecular formula is C16H10Cl2N2O4. The highest BCUT2D eigenvalue weighted by Crippen LogP contribution is 2.32. The van der Waals surface area contributed by atoms with E-state index in [1.807, 2.05) is 0 Å². The van der Waals surface area contributed by atoms with Crippen molar-refractivity contribution in [2.24, 2.45) is 0 Å². The van der Waals surface area contributed by atoms with Crippen LogP contribution in [-0.2, 0) is 4.79 Å². The topological polar surface area (TPSA) is 84.5 Å². The Kier molecular flexibility index (Phi) is 4.42. The predicted molar refractivity (Wildman–Crippen MR) is 88.8 cm³/mol. The van der Waals surface area contributed by atoms with E-state index in [9.17, 15) is 14.4 Å². The lowest BCUT2D eigenvalue weighted by Gasteiger charge is -2.10. The van der Waals surface area contributed by atoms with Gasteiger partial charge in [-0.25, -0.2) is 0 Å². The molecule has 0 fully saturated rings. The Labute approximate surface area is 146 Å². The van der Waals surface area contributed by atoms with Gasteiger partial charge in [0.2, 0.25) is 0 Å². The minimum Gasteiger partial charge on any atom is -0.481 e. The van der Waals surface area contributed by atoms with Crippen molar-refractivity contribution in [2.45, 2.75) is 0 Å². The maximum Gasteiger partial charge on any atom is 0.262 e. The molecule has 0 atom stereocenters. The lowest BCUT2D eigenvalue weighted by atomic mass is 10.1. The van der Waals surface area contributed by atoms with Crippen molar-refractivity contribution in [2.75, 3.05) is 11.9 Å². The van der Waals surface area contributed by atoms with Gasteiger partial charge in [0, 0.05) is 5.69 Å². The van der Waals surface area contributed by atoms with Crippen molar-refractivity contribution >= 4 is 46.6 Å². The quantitative estimate of drug-likeness (QED) is 0.816. The molecule has 6 nitrogen and oxygen atoms in total. The van der Waals surface area contributed by atoms with Crippen molar-refractivity contribution in [3.05, 3.63) is 57.6 Å². The van der Waals surface area contributed by atoms with Crippen LogP contribution < -0.4 is 15.4 Å². The monoisotopic (exact) mass is 364 g/mol. The Balaban J connectivity index is 1.67. The van der Waals surface area contributed by atoms with E-state index < -0.39 is 17.7 Å². The third-order valence-corrected chi connectivity index (χ3v) is 3.88. The molecule has 0 radical (unpaired) electrons. The molecule has 0 bridgehead atoms. The van der Waals surface area contributed by atoms with E-state index in [4.69, 9.17) is 27.9 Å². The molecular weight excluding hydrogens is 355 g/mol. The lowest BCUT2D eigenvalue weighted by Crippen LogP contribution is -2.20. The SMILES string of the molecule is O=C(COc1c(Cl)cccc1Cl)Nc1ccc2c(c1)C(=O)NC2=O. The third-order valence-electron chi connectivity index (χ3n) is 3.29. The average molecular weight is 365 g/mol. The van der Waals surface area contributed by atoms with E-state index in [-0.39, 0.29) is 23.5 Å². The number of ether oxygens (including phenoxy) is 1. The number of carbonyl (C=O) groups is 3. The number of carbonyl (C=O) groups excluding carboxylic acids is 3. The number of anilines is 1. The molecule has 24 heavy (non-hydrogen) atoms. The number of rotatable bonds is 4. The van der Waals surface area contributed by atoms with Gasteiger partial charge in [-0.05, 0) is 30.3 Å². The number of para-hydroxylation sites is 1. The molecule has 3 amide bonds. The molecule has 1 heterocycles. The van der Waals surface area contributed by atoms with E-state index >= 15 is 0 Å². The van der Waals surface area contributed by atoms with Gasteiger partial charge in [0.25, 0.3) is 17.7 Å². The summed E-state index contributed by atoms with van der Waals surface area (Å²) in [5.41, 5.74) is 0.863. The van der Waals surface area contributed by atoms with Gasteiger partial charge in [-0.1, -0.05) is 29.3 Å². The average Bonchev–Trinajstić information content (AvgIpc) is 2.81. The van der Waals surface area contributed by atoms with E-state index in [1.165, 1.54) is 18.2 Å². The minimum absolute atomic E-state index is 0.216. The van der Waals surface area contributed by atoms with Crippen molar-refractivity contribution < 1.29 is 19.1 Å². The second-order valence-corrected chi connectivity index (χ2v) is 5.75. The second kappa shape index (κ2) is 6.51. The van der Waals surface area contributed by atoms with Crippen molar-refractivity contribution in [1.82, 2.24) is 5.32 Å². The molecule has 0 aromatic heterocycles. The summed E-state index contributed by atoms with van der Waals surface area (Å²) in [6, 6.07) is 9.27. The Morgan fingerprint density at radius 2 is 1.71 bits per heavy atom. The van der Waals surface area contributed by atoms with Crippen LogP contribution in [0.5, 0.6) is 5.75 Å². The van der Waals surface area contributed by atoms with Crippen LogP contribution in [0.15, 0.2) is 36.4 Å². The van der Waals surface area contributed by atoms with E-state index in [1.54, 1.807) is 18.2 Å². The maximum absolute atomic E-state index is 12.0. The fraction of sp³-hybridized carbons (Fsp3) is 0.0625. The molecule has 3 rings (SSSR count). The highest BCUT2D eigenvalue weighted by Gasteiger charge is 2.26. The summed E-state index contributed by atoms with van der Waals surface area (Å²) in [4.78, 5) is 35.0. The number of halogens is 2. The summed E-state index contributed by atoms with van der Waals surface area (Å²) in [5, 5.41) is 5.34. The number of hydrogen-bond donors (Lipinski definition) is 2. The van der Waals surface area contributed by atoms with Gasteiger partial charge in [0.1, 0.15) is 0 Å². The van der Waals surface area contributed by atoms with Crippen LogP contribution in [0.1, 0.15) is 20.7 Å². The number of amides is 3. The maximum atomic E-state index is 12.0. The molecule has 0 saturated carbocycles. The molecule has 8 heteroatoms. The first kappa shape index (κ1) is 16.3. The summed E-state index contributed by atoms with van der Waals surface area (Å²) in [5.74, 6) is -1.19. The normalized spacial score (nSPS) is 12.6. The first-order valence-electron chi connectivity index (χ1n) is 6.82. The van der Waals surface area contributed by atoms with Crippen molar-refractivity contribution in [3.8, 4) is 5.75 Å². The smallest absolute Gasteiger partial charge is 0.262 e. The molecule has 0 aliphatic carbocycles.